The molecule has 0 radical (unpaired) electrons. The molecule has 1 amide bonds. The molecule has 0 heterocycles. The Labute approximate surface area is 103 Å². The number of amides is 1. The lowest BCUT2D eigenvalue weighted by Gasteiger charge is -2.10. The summed E-state index contributed by atoms with van der Waals surface area (Å²) in [6, 6.07) is 2.55. The van der Waals surface area contributed by atoms with E-state index >= 15 is 0 Å². The third-order valence-corrected chi connectivity index (χ3v) is 2.28. The molecule has 1 aromatic rings. The van der Waals surface area contributed by atoms with Gasteiger partial charge in [0.05, 0.1) is 17.8 Å². The van der Waals surface area contributed by atoms with Gasteiger partial charge in [-0.05, 0) is 12.1 Å². The van der Waals surface area contributed by atoms with Crippen molar-refractivity contribution in [2.45, 2.75) is 0 Å². The van der Waals surface area contributed by atoms with Crippen LogP contribution in [0.4, 0.5) is 5.69 Å². The number of rotatable bonds is 4. The number of hydrogen-bond donors (Lipinski definition) is 2. The molecular weight excluding hydrogens is 246 g/mol. The Hall–Kier alpha value is -2.01. The number of ether oxygens (including phenoxy) is 1. The molecule has 0 aliphatic carbocycles. The van der Waals surface area contributed by atoms with Gasteiger partial charge in [0.25, 0.3) is 0 Å². The molecule has 17 heavy (non-hydrogen) atoms. The van der Waals surface area contributed by atoms with Crippen LogP contribution in [0.3, 0.4) is 0 Å². The second-order valence-corrected chi connectivity index (χ2v) is 3.44. The highest BCUT2D eigenvalue weighted by Gasteiger charge is 2.15. The van der Waals surface area contributed by atoms with E-state index in [4.69, 9.17) is 21.4 Å². The molecule has 0 aliphatic rings. The molecule has 0 saturated heterocycles. The number of halogens is 1. The minimum atomic E-state index is -1.16. The summed E-state index contributed by atoms with van der Waals surface area (Å²) in [5.74, 6) is -1.50. The number of methoxy groups -OCH3 is 1. The van der Waals surface area contributed by atoms with Gasteiger partial charge in [0, 0.05) is 6.07 Å². The zero-order valence-corrected chi connectivity index (χ0v) is 9.75. The van der Waals surface area contributed by atoms with E-state index in [1.165, 1.54) is 19.2 Å². The van der Waals surface area contributed by atoms with Crippen molar-refractivity contribution in [3.8, 4) is 5.75 Å². The van der Waals surface area contributed by atoms with Crippen molar-refractivity contribution >= 4 is 29.2 Å². The quantitative estimate of drug-likeness (QED) is 0.809. The summed E-state index contributed by atoms with van der Waals surface area (Å²) in [6.07, 6.45) is 1.08. The monoisotopic (exact) mass is 255 g/mol. The van der Waals surface area contributed by atoms with Crippen LogP contribution < -0.4 is 10.1 Å². The van der Waals surface area contributed by atoms with Crippen molar-refractivity contribution in [2.24, 2.45) is 0 Å². The SMILES string of the molecule is C=CC(=O)Nc1cc(OC)c(C(=O)O)cc1Cl. The summed E-state index contributed by atoms with van der Waals surface area (Å²) < 4.78 is 4.90. The molecule has 0 fully saturated rings. The summed E-state index contributed by atoms with van der Waals surface area (Å²) in [5.41, 5.74) is 0.188. The normalized spacial score (nSPS) is 9.53. The Morgan fingerprint density at radius 1 is 1.53 bits per heavy atom. The van der Waals surface area contributed by atoms with Crippen LogP contribution >= 0.6 is 11.6 Å². The Morgan fingerprint density at radius 2 is 2.18 bits per heavy atom. The van der Waals surface area contributed by atoms with Gasteiger partial charge in [-0.2, -0.15) is 0 Å². The van der Waals surface area contributed by atoms with E-state index in [-0.39, 0.29) is 22.0 Å². The molecule has 1 rings (SSSR count). The fourth-order valence-corrected chi connectivity index (χ4v) is 1.38. The first-order chi connectivity index (χ1) is 7.99. The number of benzene rings is 1. The van der Waals surface area contributed by atoms with Crippen molar-refractivity contribution in [2.75, 3.05) is 12.4 Å². The van der Waals surface area contributed by atoms with Crippen molar-refractivity contribution in [1.82, 2.24) is 0 Å². The second-order valence-electron chi connectivity index (χ2n) is 3.03. The molecule has 1 aromatic carbocycles. The number of aromatic carboxylic acids is 1. The topological polar surface area (TPSA) is 75.6 Å². The Kier molecular flexibility index (Phi) is 4.12. The highest BCUT2D eigenvalue weighted by molar-refractivity contribution is 6.34. The first-order valence-corrected chi connectivity index (χ1v) is 4.91. The fraction of sp³-hybridized carbons (Fsp3) is 0.0909. The molecular formula is C11H10ClNO4. The lowest BCUT2D eigenvalue weighted by Crippen LogP contribution is -2.09. The predicted octanol–water partition coefficient (Wildman–Crippen LogP) is 2.17. The molecule has 6 heteroatoms. The number of hydrogen-bond acceptors (Lipinski definition) is 3. The van der Waals surface area contributed by atoms with Crippen LogP contribution in [-0.2, 0) is 4.79 Å². The number of anilines is 1. The van der Waals surface area contributed by atoms with E-state index in [1.807, 2.05) is 0 Å². The standard InChI is InChI=1S/C11H10ClNO4/c1-3-10(14)13-8-5-9(17-2)6(11(15)16)4-7(8)12/h3-5H,1H2,2H3,(H,13,14)(H,15,16). The van der Waals surface area contributed by atoms with Gasteiger partial charge in [-0.25, -0.2) is 4.79 Å². The van der Waals surface area contributed by atoms with Gasteiger partial charge in [0.15, 0.2) is 0 Å². The first-order valence-electron chi connectivity index (χ1n) is 4.53. The molecule has 90 valence electrons. The van der Waals surface area contributed by atoms with Gasteiger partial charge in [-0.15, -0.1) is 0 Å². The van der Waals surface area contributed by atoms with Crippen molar-refractivity contribution < 1.29 is 19.4 Å². The molecule has 0 unspecified atom stereocenters. The Morgan fingerprint density at radius 3 is 2.65 bits per heavy atom. The number of carbonyl (C=O) groups excluding carboxylic acids is 1. The minimum Gasteiger partial charge on any atom is -0.496 e. The molecule has 5 nitrogen and oxygen atoms in total. The lowest BCUT2D eigenvalue weighted by molar-refractivity contribution is -0.111. The van der Waals surface area contributed by atoms with Crippen LogP contribution in [0.25, 0.3) is 0 Å². The molecule has 0 spiro atoms. The second kappa shape index (κ2) is 5.36. The van der Waals surface area contributed by atoms with Gasteiger partial charge in [0.2, 0.25) is 5.91 Å². The number of carbonyl (C=O) groups is 2. The average Bonchev–Trinajstić information content (AvgIpc) is 2.30. The van der Waals surface area contributed by atoms with Gasteiger partial charge in [-0.3, -0.25) is 4.79 Å². The Bertz CT molecular complexity index is 485. The van der Waals surface area contributed by atoms with E-state index in [2.05, 4.69) is 11.9 Å². The zero-order valence-electron chi connectivity index (χ0n) is 8.99. The fourth-order valence-electron chi connectivity index (χ4n) is 1.17. The van der Waals surface area contributed by atoms with Crippen molar-refractivity contribution in [1.29, 1.82) is 0 Å². The van der Waals surface area contributed by atoms with E-state index in [0.29, 0.717) is 0 Å². The summed E-state index contributed by atoms with van der Waals surface area (Å²) in [4.78, 5) is 22.0. The average molecular weight is 256 g/mol. The molecule has 0 bridgehead atoms. The summed E-state index contributed by atoms with van der Waals surface area (Å²) in [7, 11) is 1.33. The maximum atomic E-state index is 11.1. The Balaban J connectivity index is 3.22. The smallest absolute Gasteiger partial charge is 0.339 e. The van der Waals surface area contributed by atoms with E-state index in [9.17, 15) is 9.59 Å². The highest BCUT2D eigenvalue weighted by atomic mass is 35.5. The molecule has 2 N–H and O–H groups in total. The van der Waals surface area contributed by atoms with Crippen LogP contribution in [-0.4, -0.2) is 24.1 Å². The summed E-state index contributed by atoms with van der Waals surface area (Å²) in [6.45, 7) is 3.29. The summed E-state index contributed by atoms with van der Waals surface area (Å²) >= 11 is 5.84. The molecule has 0 atom stereocenters. The van der Waals surface area contributed by atoms with Gasteiger partial charge in [0.1, 0.15) is 11.3 Å². The van der Waals surface area contributed by atoms with Gasteiger partial charge >= 0.3 is 5.97 Å². The molecule has 0 aliphatic heterocycles. The summed E-state index contributed by atoms with van der Waals surface area (Å²) in [5, 5.41) is 11.4. The third-order valence-electron chi connectivity index (χ3n) is 1.96. The number of carboxylic acid groups (broad SMARTS) is 1. The maximum absolute atomic E-state index is 11.1. The van der Waals surface area contributed by atoms with E-state index in [0.717, 1.165) is 6.08 Å². The van der Waals surface area contributed by atoms with E-state index in [1.54, 1.807) is 0 Å². The zero-order chi connectivity index (χ0) is 13.0. The highest BCUT2D eigenvalue weighted by Crippen LogP contribution is 2.30. The van der Waals surface area contributed by atoms with Crippen LogP contribution in [0.1, 0.15) is 10.4 Å². The van der Waals surface area contributed by atoms with Crippen LogP contribution in [0.5, 0.6) is 5.75 Å². The van der Waals surface area contributed by atoms with Crippen LogP contribution in [0.15, 0.2) is 24.8 Å². The maximum Gasteiger partial charge on any atom is 0.339 e. The first kappa shape index (κ1) is 13.1. The van der Waals surface area contributed by atoms with Gasteiger partial charge < -0.3 is 15.2 Å². The number of carboxylic acids is 1. The van der Waals surface area contributed by atoms with Crippen molar-refractivity contribution in [3.05, 3.63) is 35.4 Å². The van der Waals surface area contributed by atoms with Crippen LogP contribution in [0, 0.1) is 0 Å². The molecule has 0 saturated carbocycles. The largest absolute Gasteiger partial charge is 0.496 e. The van der Waals surface area contributed by atoms with Crippen LogP contribution in [0.2, 0.25) is 5.02 Å². The lowest BCUT2D eigenvalue weighted by atomic mass is 10.1. The number of nitrogens with one attached hydrogen (secondary N) is 1. The van der Waals surface area contributed by atoms with E-state index < -0.39 is 11.9 Å². The third kappa shape index (κ3) is 2.98. The predicted molar refractivity (Wildman–Crippen MR) is 63.8 cm³/mol. The minimum absolute atomic E-state index is 0.0749. The van der Waals surface area contributed by atoms with Crippen molar-refractivity contribution in [3.63, 3.8) is 0 Å². The molecule has 0 aromatic heterocycles. The van der Waals surface area contributed by atoms with Gasteiger partial charge in [-0.1, -0.05) is 18.2 Å².